The molecule has 5 rings (SSSR count). The van der Waals surface area contributed by atoms with Crippen LogP contribution in [0.5, 0.6) is 0 Å². The maximum atomic E-state index is 13.0. The van der Waals surface area contributed by atoms with E-state index in [9.17, 15) is 4.79 Å². The summed E-state index contributed by atoms with van der Waals surface area (Å²) in [5.74, 6) is 0.998. The third kappa shape index (κ3) is 3.09. The monoisotopic (exact) mass is 389 g/mol. The van der Waals surface area contributed by atoms with Crippen molar-refractivity contribution in [1.82, 2.24) is 9.78 Å². The Labute approximate surface area is 168 Å². The zero-order valence-electron chi connectivity index (χ0n) is 16.6. The Morgan fingerprint density at radius 2 is 2.07 bits per heavy atom. The minimum atomic E-state index is -0.266. The number of hydrogen-bond acceptors (Lipinski definition) is 4. The second kappa shape index (κ2) is 7.04. The fourth-order valence-electron chi connectivity index (χ4n) is 4.12. The Hall–Kier alpha value is -3.12. The van der Waals surface area contributed by atoms with E-state index in [4.69, 9.17) is 9.15 Å². The lowest BCUT2D eigenvalue weighted by Crippen LogP contribution is -2.16. The van der Waals surface area contributed by atoms with Crippen LogP contribution in [-0.2, 0) is 11.8 Å². The highest BCUT2D eigenvalue weighted by atomic mass is 16.5. The molecular weight excluding hydrogens is 366 g/mol. The van der Waals surface area contributed by atoms with Gasteiger partial charge in [-0.15, -0.1) is 0 Å². The van der Waals surface area contributed by atoms with Gasteiger partial charge in [0.15, 0.2) is 5.76 Å². The number of furan rings is 1. The Morgan fingerprint density at radius 1 is 1.21 bits per heavy atom. The second-order valence-electron chi connectivity index (χ2n) is 7.67. The zero-order valence-corrected chi connectivity index (χ0v) is 16.6. The molecule has 1 N–H and O–H groups in total. The van der Waals surface area contributed by atoms with Crippen LogP contribution < -0.4 is 5.32 Å². The van der Waals surface area contributed by atoms with Crippen LogP contribution in [0, 0.1) is 6.92 Å². The molecule has 1 aliphatic heterocycles. The number of carbonyl (C=O) groups excluding carboxylic acids is 1. The summed E-state index contributed by atoms with van der Waals surface area (Å²) >= 11 is 0. The van der Waals surface area contributed by atoms with Gasteiger partial charge in [0.2, 0.25) is 0 Å². The first kappa shape index (κ1) is 17.9. The molecule has 1 unspecified atom stereocenters. The van der Waals surface area contributed by atoms with Crippen LogP contribution in [0.1, 0.15) is 40.6 Å². The molecule has 2 aromatic carbocycles. The fourth-order valence-corrected chi connectivity index (χ4v) is 4.12. The number of nitrogens with one attached hydrogen (secondary N) is 1. The van der Waals surface area contributed by atoms with E-state index in [1.54, 1.807) is 4.68 Å². The number of hydrogen-bond donors (Lipinski definition) is 1. The van der Waals surface area contributed by atoms with Gasteiger partial charge in [0.1, 0.15) is 11.4 Å². The Bertz CT molecular complexity index is 1220. The summed E-state index contributed by atoms with van der Waals surface area (Å²) in [6, 6.07) is 14.0. The largest absolute Gasteiger partial charge is 0.450 e. The molecule has 4 aromatic rings. The number of benzene rings is 2. The van der Waals surface area contributed by atoms with Crippen molar-refractivity contribution in [2.45, 2.75) is 25.7 Å². The number of carbonyl (C=O) groups is 1. The van der Waals surface area contributed by atoms with E-state index < -0.39 is 0 Å². The molecule has 0 spiro atoms. The first-order valence-electron chi connectivity index (χ1n) is 9.95. The molecule has 0 aliphatic carbocycles. The maximum Gasteiger partial charge on any atom is 0.292 e. The van der Waals surface area contributed by atoms with E-state index in [-0.39, 0.29) is 11.8 Å². The van der Waals surface area contributed by atoms with Gasteiger partial charge in [0, 0.05) is 42.0 Å². The van der Waals surface area contributed by atoms with Gasteiger partial charge < -0.3 is 14.5 Å². The average Bonchev–Trinajstić information content (AvgIpc) is 3.29. The molecule has 0 radical (unpaired) electrons. The predicted molar refractivity (Wildman–Crippen MR) is 112 cm³/mol. The molecule has 148 valence electrons. The number of anilines is 1. The van der Waals surface area contributed by atoms with Crippen LogP contribution >= 0.6 is 0 Å². The van der Waals surface area contributed by atoms with Gasteiger partial charge in [-0.1, -0.05) is 36.4 Å². The molecule has 1 atom stereocenters. The first-order valence-corrected chi connectivity index (χ1v) is 9.95. The second-order valence-corrected chi connectivity index (χ2v) is 7.67. The number of rotatable bonds is 3. The summed E-state index contributed by atoms with van der Waals surface area (Å²) in [7, 11) is 1.84. The average molecular weight is 389 g/mol. The number of ether oxygens (including phenoxy) is 1. The SMILES string of the molecule is Cc1c(C(=O)Nc2cc(C3CCCOC3)nn2C)oc2c1ccc1ccccc12. The number of aryl methyl sites for hydroxylation is 2. The highest BCUT2D eigenvalue weighted by Gasteiger charge is 2.23. The normalized spacial score (nSPS) is 17.1. The third-order valence-corrected chi connectivity index (χ3v) is 5.75. The summed E-state index contributed by atoms with van der Waals surface area (Å²) in [5, 5.41) is 10.6. The Balaban J connectivity index is 1.47. The topological polar surface area (TPSA) is 69.3 Å². The molecule has 0 saturated carbocycles. The molecule has 1 aliphatic rings. The van der Waals surface area contributed by atoms with Gasteiger partial charge in [-0.2, -0.15) is 5.10 Å². The number of fused-ring (bicyclic) bond motifs is 3. The highest BCUT2D eigenvalue weighted by molar-refractivity contribution is 6.11. The molecule has 1 saturated heterocycles. The maximum absolute atomic E-state index is 13.0. The summed E-state index contributed by atoms with van der Waals surface area (Å²) < 4.78 is 13.3. The van der Waals surface area contributed by atoms with Crippen molar-refractivity contribution in [2.75, 3.05) is 18.5 Å². The summed E-state index contributed by atoms with van der Waals surface area (Å²) in [6.07, 6.45) is 2.09. The van der Waals surface area contributed by atoms with Crippen molar-refractivity contribution in [3.63, 3.8) is 0 Å². The summed E-state index contributed by atoms with van der Waals surface area (Å²) in [6.45, 7) is 3.41. The molecular formula is C23H23N3O3. The molecule has 6 nitrogen and oxygen atoms in total. The standard InChI is InChI=1S/C23H23N3O3/c1-14-17-10-9-15-6-3-4-8-18(15)22(17)29-21(14)23(27)24-20-12-19(25-26(20)2)16-7-5-11-28-13-16/h3-4,6,8-10,12,16H,5,7,11,13H2,1-2H3,(H,24,27). The molecule has 29 heavy (non-hydrogen) atoms. The van der Waals surface area contributed by atoms with E-state index in [1.165, 1.54) is 0 Å². The van der Waals surface area contributed by atoms with Crippen molar-refractivity contribution < 1.29 is 13.9 Å². The van der Waals surface area contributed by atoms with Gasteiger partial charge in [0.05, 0.1) is 12.3 Å². The van der Waals surface area contributed by atoms with Gasteiger partial charge >= 0.3 is 0 Å². The van der Waals surface area contributed by atoms with E-state index in [1.807, 2.05) is 50.4 Å². The van der Waals surface area contributed by atoms with Crippen LogP contribution in [0.2, 0.25) is 0 Å². The molecule has 2 aromatic heterocycles. The van der Waals surface area contributed by atoms with Crippen LogP contribution in [0.15, 0.2) is 46.9 Å². The van der Waals surface area contributed by atoms with Gasteiger partial charge in [-0.3, -0.25) is 9.48 Å². The fraction of sp³-hybridized carbons (Fsp3) is 0.304. The van der Waals surface area contributed by atoms with E-state index in [0.29, 0.717) is 18.2 Å². The molecule has 6 heteroatoms. The van der Waals surface area contributed by atoms with Gasteiger partial charge in [-0.05, 0) is 25.2 Å². The van der Waals surface area contributed by atoms with Crippen LogP contribution in [0.4, 0.5) is 5.82 Å². The zero-order chi connectivity index (χ0) is 20.0. The lowest BCUT2D eigenvalue weighted by Gasteiger charge is -2.19. The minimum Gasteiger partial charge on any atom is -0.450 e. The molecule has 1 fully saturated rings. The number of amides is 1. The predicted octanol–water partition coefficient (Wildman–Crippen LogP) is 4.77. The lowest BCUT2D eigenvalue weighted by atomic mass is 9.99. The van der Waals surface area contributed by atoms with Crippen LogP contribution in [0.3, 0.4) is 0 Å². The first-order chi connectivity index (χ1) is 14.1. The summed E-state index contributed by atoms with van der Waals surface area (Å²) in [4.78, 5) is 13.0. The van der Waals surface area contributed by atoms with E-state index in [0.717, 1.165) is 52.4 Å². The van der Waals surface area contributed by atoms with Crippen LogP contribution in [0.25, 0.3) is 21.7 Å². The highest BCUT2D eigenvalue weighted by Crippen LogP contribution is 2.32. The number of aromatic nitrogens is 2. The van der Waals surface area contributed by atoms with Gasteiger partial charge in [0.25, 0.3) is 5.91 Å². The van der Waals surface area contributed by atoms with Gasteiger partial charge in [-0.25, -0.2) is 0 Å². The van der Waals surface area contributed by atoms with E-state index >= 15 is 0 Å². The number of nitrogens with zero attached hydrogens (tertiary/aromatic N) is 2. The smallest absolute Gasteiger partial charge is 0.292 e. The third-order valence-electron chi connectivity index (χ3n) is 5.75. The Morgan fingerprint density at radius 3 is 2.90 bits per heavy atom. The molecule has 3 heterocycles. The summed E-state index contributed by atoms with van der Waals surface area (Å²) in [5.41, 5.74) is 2.54. The molecule has 1 amide bonds. The van der Waals surface area contributed by atoms with Crippen molar-refractivity contribution in [2.24, 2.45) is 7.05 Å². The van der Waals surface area contributed by atoms with Crippen molar-refractivity contribution in [1.29, 1.82) is 0 Å². The van der Waals surface area contributed by atoms with Crippen molar-refractivity contribution in [3.8, 4) is 0 Å². The van der Waals surface area contributed by atoms with Crippen molar-refractivity contribution >= 4 is 33.5 Å². The quantitative estimate of drug-likeness (QED) is 0.548. The molecule has 0 bridgehead atoms. The van der Waals surface area contributed by atoms with E-state index in [2.05, 4.69) is 16.5 Å². The Kier molecular flexibility index (Phi) is 4.36. The minimum absolute atomic E-state index is 0.266. The van der Waals surface area contributed by atoms with Crippen molar-refractivity contribution in [3.05, 3.63) is 59.5 Å². The van der Waals surface area contributed by atoms with Crippen LogP contribution in [-0.4, -0.2) is 28.9 Å². The lowest BCUT2D eigenvalue weighted by molar-refractivity contribution is 0.0791.